The molecule has 1 aromatic heterocycles. The largest absolute Gasteiger partial charge is 0.441 e. The summed E-state index contributed by atoms with van der Waals surface area (Å²) in [5.74, 6) is 1.36. The third-order valence-electron chi connectivity index (χ3n) is 1.66. The third kappa shape index (κ3) is 2.18. The highest BCUT2D eigenvalue weighted by Gasteiger charge is 2.04. The van der Waals surface area contributed by atoms with Gasteiger partial charge < -0.3 is 4.42 Å². The Morgan fingerprint density at radius 2 is 2.15 bits per heavy atom. The number of rotatable bonds is 3. The van der Waals surface area contributed by atoms with E-state index in [0.717, 1.165) is 11.3 Å². The Kier molecular flexibility index (Phi) is 2.85. The summed E-state index contributed by atoms with van der Waals surface area (Å²) in [6.07, 6.45) is 5.35. The molecule has 1 aromatic rings. The van der Waals surface area contributed by atoms with Gasteiger partial charge in [0.15, 0.2) is 11.7 Å². The highest BCUT2D eigenvalue weighted by Crippen LogP contribution is 2.15. The molecule has 0 saturated carbocycles. The summed E-state index contributed by atoms with van der Waals surface area (Å²) >= 11 is 0. The molecule has 0 aliphatic carbocycles. The van der Waals surface area contributed by atoms with Crippen molar-refractivity contribution in [1.29, 1.82) is 0 Å². The highest BCUT2D eigenvalue weighted by molar-refractivity contribution is 5.60. The average Bonchev–Trinajstić information content (AvgIpc) is 2.46. The molecule has 0 amide bonds. The Labute approximate surface area is 78.3 Å². The molecular weight excluding hydrogens is 162 g/mol. The monoisotopic (exact) mass is 175 g/mol. The Hall–Kier alpha value is -1.57. The van der Waals surface area contributed by atoms with Gasteiger partial charge in [0.2, 0.25) is 0 Å². The number of hydrogen-bond donors (Lipinski definition) is 0. The molecule has 0 unspecified atom stereocenters. The second-order valence-corrected chi connectivity index (χ2v) is 2.78. The van der Waals surface area contributed by atoms with Crippen LogP contribution in [0.2, 0.25) is 0 Å². The van der Waals surface area contributed by atoms with E-state index < -0.39 is 0 Å². The van der Waals surface area contributed by atoms with Crippen molar-refractivity contribution in [2.45, 2.75) is 13.8 Å². The number of aryl methyl sites for hydroxylation is 1. The highest BCUT2D eigenvalue weighted by atomic mass is 16.4. The summed E-state index contributed by atoms with van der Waals surface area (Å²) in [5.41, 5.74) is 1.86. The van der Waals surface area contributed by atoms with Crippen molar-refractivity contribution in [1.82, 2.24) is 4.98 Å². The van der Waals surface area contributed by atoms with Crippen LogP contribution in [0.4, 0.5) is 0 Å². The van der Waals surface area contributed by atoms with Crippen molar-refractivity contribution in [2.75, 3.05) is 0 Å². The van der Waals surface area contributed by atoms with Crippen LogP contribution in [-0.2, 0) is 0 Å². The maximum Gasteiger partial charge on any atom is 0.192 e. The molecule has 0 aromatic carbocycles. The predicted octanol–water partition coefficient (Wildman–Crippen LogP) is 3.22. The fourth-order valence-electron chi connectivity index (χ4n) is 0.983. The standard InChI is InChI=1S/C11H13NO/c1-5-8(3)7-10-11(6-2)13-9(4)12-10/h5-7H,1-2H2,3-4H3/b8-7-. The van der Waals surface area contributed by atoms with E-state index in [9.17, 15) is 0 Å². The number of hydrogen-bond acceptors (Lipinski definition) is 2. The van der Waals surface area contributed by atoms with Crippen LogP contribution in [0, 0.1) is 6.92 Å². The third-order valence-corrected chi connectivity index (χ3v) is 1.66. The zero-order valence-electron chi connectivity index (χ0n) is 8.00. The van der Waals surface area contributed by atoms with E-state index in [1.807, 2.05) is 19.9 Å². The Balaban J connectivity index is 3.13. The van der Waals surface area contributed by atoms with Crippen LogP contribution in [0.1, 0.15) is 24.3 Å². The van der Waals surface area contributed by atoms with Gasteiger partial charge in [-0.2, -0.15) is 0 Å². The van der Waals surface area contributed by atoms with Crippen LogP contribution < -0.4 is 0 Å². The van der Waals surface area contributed by atoms with Crippen LogP contribution in [-0.4, -0.2) is 4.98 Å². The lowest BCUT2D eigenvalue weighted by atomic mass is 10.2. The molecule has 0 saturated heterocycles. The summed E-state index contributed by atoms with van der Waals surface area (Å²) in [6.45, 7) is 11.1. The fraction of sp³-hybridized carbons (Fsp3) is 0.182. The fourth-order valence-corrected chi connectivity index (χ4v) is 0.983. The van der Waals surface area contributed by atoms with E-state index >= 15 is 0 Å². The van der Waals surface area contributed by atoms with Gasteiger partial charge in [0, 0.05) is 6.92 Å². The maximum absolute atomic E-state index is 5.30. The molecule has 0 spiro atoms. The topological polar surface area (TPSA) is 26.0 Å². The molecule has 68 valence electrons. The van der Waals surface area contributed by atoms with E-state index in [0.29, 0.717) is 11.7 Å². The zero-order chi connectivity index (χ0) is 9.84. The van der Waals surface area contributed by atoms with Crippen molar-refractivity contribution in [2.24, 2.45) is 0 Å². The number of allylic oxidation sites excluding steroid dienone is 2. The van der Waals surface area contributed by atoms with E-state index in [4.69, 9.17) is 4.42 Å². The minimum absolute atomic E-state index is 0.651. The van der Waals surface area contributed by atoms with Crippen molar-refractivity contribution in [3.05, 3.63) is 42.2 Å². The Bertz CT molecular complexity index is 358. The molecule has 2 nitrogen and oxygen atoms in total. The normalized spacial score (nSPS) is 11.4. The number of oxazole rings is 1. The summed E-state index contributed by atoms with van der Waals surface area (Å²) in [7, 11) is 0. The molecule has 0 aliphatic rings. The van der Waals surface area contributed by atoms with Gasteiger partial charge in [0.05, 0.1) is 0 Å². The van der Waals surface area contributed by atoms with Crippen molar-refractivity contribution < 1.29 is 4.42 Å². The lowest BCUT2D eigenvalue weighted by Crippen LogP contribution is -1.77. The molecule has 1 heterocycles. The lowest BCUT2D eigenvalue weighted by molar-refractivity contribution is 0.513. The van der Waals surface area contributed by atoms with Crippen LogP contribution in [0.3, 0.4) is 0 Å². The molecule has 1 rings (SSSR count). The minimum atomic E-state index is 0.651. The molecule has 0 aliphatic heterocycles. The minimum Gasteiger partial charge on any atom is -0.441 e. The molecule has 0 bridgehead atoms. The molecule has 0 radical (unpaired) electrons. The van der Waals surface area contributed by atoms with Crippen molar-refractivity contribution in [3.8, 4) is 0 Å². The van der Waals surface area contributed by atoms with Gasteiger partial charge in [-0.3, -0.25) is 0 Å². The second kappa shape index (κ2) is 3.90. The SMILES string of the molecule is C=C/C(C)=C\c1nc(C)oc1C=C. The summed E-state index contributed by atoms with van der Waals surface area (Å²) in [4.78, 5) is 4.21. The summed E-state index contributed by atoms with van der Waals surface area (Å²) in [6, 6.07) is 0. The van der Waals surface area contributed by atoms with E-state index in [1.54, 1.807) is 12.2 Å². The van der Waals surface area contributed by atoms with Crippen molar-refractivity contribution in [3.63, 3.8) is 0 Å². The molecular formula is C11H13NO. The Morgan fingerprint density at radius 3 is 2.69 bits per heavy atom. The number of aromatic nitrogens is 1. The zero-order valence-corrected chi connectivity index (χ0v) is 8.00. The van der Waals surface area contributed by atoms with Gasteiger partial charge in [-0.15, -0.1) is 0 Å². The Morgan fingerprint density at radius 1 is 1.46 bits per heavy atom. The van der Waals surface area contributed by atoms with E-state index in [-0.39, 0.29) is 0 Å². The molecule has 0 fully saturated rings. The quantitative estimate of drug-likeness (QED) is 0.659. The van der Waals surface area contributed by atoms with Gasteiger partial charge >= 0.3 is 0 Å². The van der Waals surface area contributed by atoms with Gasteiger partial charge in [0.25, 0.3) is 0 Å². The maximum atomic E-state index is 5.30. The lowest BCUT2D eigenvalue weighted by Gasteiger charge is -1.89. The first-order valence-corrected chi connectivity index (χ1v) is 4.08. The summed E-state index contributed by atoms with van der Waals surface area (Å²) in [5, 5.41) is 0. The van der Waals surface area contributed by atoms with Crippen LogP contribution in [0.25, 0.3) is 12.2 Å². The molecule has 13 heavy (non-hydrogen) atoms. The van der Waals surface area contributed by atoms with Gasteiger partial charge in [0.1, 0.15) is 5.69 Å². The van der Waals surface area contributed by atoms with Gasteiger partial charge in [-0.1, -0.05) is 19.2 Å². The van der Waals surface area contributed by atoms with Crippen molar-refractivity contribution >= 4 is 12.2 Å². The first kappa shape index (κ1) is 9.52. The van der Waals surface area contributed by atoms with Crippen LogP contribution in [0.15, 0.2) is 29.2 Å². The van der Waals surface area contributed by atoms with E-state index in [1.165, 1.54) is 0 Å². The molecule has 0 atom stereocenters. The predicted molar refractivity (Wildman–Crippen MR) is 55.2 cm³/mol. The van der Waals surface area contributed by atoms with Gasteiger partial charge in [-0.05, 0) is 24.6 Å². The first-order chi connectivity index (χ1) is 6.17. The molecule has 2 heteroatoms. The molecule has 0 N–H and O–H groups in total. The van der Waals surface area contributed by atoms with E-state index in [2.05, 4.69) is 18.1 Å². The van der Waals surface area contributed by atoms with Crippen LogP contribution >= 0.6 is 0 Å². The second-order valence-electron chi connectivity index (χ2n) is 2.78. The average molecular weight is 175 g/mol. The van der Waals surface area contributed by atoms with Gasteiger partial charge in [-0.25, -0.2) is 4.98 Å². The smallest absolute Gasteiger partial charge is 0.192 e. The summed E-state index contributed by atoms with van der Waals surface area (Å²) < 4.78 is 5.30. The first-order valence-electron chi connectivity index (χ1n) is 4.08. The van der Waals surface area contributed by atoms with Crippen LogP contribution in [0.5, 0.6) is 0 Å². The number of nitrogens with zero attached hydrogens (tertiary/aromatic N) is 1.